The second-order valence-electron chi connectivity index (χ2n) is 5.07. The zero-order valence-electron chi connectivity index (χ0n) is 10.1. The average molecular weight is 262 g/mol. The fourth-order valence-corrected chi connectivity index (χ4v) is 3.08. The van der Waals surface area contributed by atoms with E-state index < -0.39 is 0 Å². The van der Waals surface area contributed by atoms with Crippen LogP contribution in [0, 0.1) is 0 Å². The van der Waals surface area contributed by atoms with Gasteiger partial charge in [-0.2, -0.15) is 0 Å². The minimum Gasteiger partial charge on any atom is -0.393 e. The molecule has 0 saturated heterocycles. The molecule has 94 valence electrons. The summed E-state index contributed by atoms with van der Waals surface area (Å²) in [6.45, 7) is 0. The summed E-state index contributed by atoms with van der Waals surface area (Å²) in [6, 6.07) is 10.2. The van der Waals surface area contributed by atoms with Crippen LogP contribution in [0.25, 0.3) is 10.9 Å². The summed E-state index contributed by atoms with van der Waals surface area (Å²) in [4.78, 5) is 4.47. The molecule has 0 spiro atoms. The summed E-state index contributed by atoms with van der Waals surface area (Å²) < 4.78 is 0. The minimum atomic E-state index is -0.131. The van der Waals surface area contributed by atoms with E-state index in [2.05, 4.69) is 17.1 Å². The van der Waals surface area contributed by atoms with Gasteiger partial charge in [0.25, 0.3) is 0 Å². The van der Waals surface area contributed by atoms with E-state index >= 15 is 0 Å². The number of hydrogen-bond donors (Lipinski definition) is 1. The number of nitrogens with zero attached hydrogens (tertiary/aromatic N) is 1. The van der Waals surface area contributed by atoms with Gasteiger partial charge in [0.2, 0.25) is 0 Å². The van der Waals surface area contributed by atoms with E-state index in [1.165, 1.54) is 0 Å². The van der Waals surface area contributed by atoms with Crippen molar-refractivity contribution in [3.05, 3.63) is 41.0 Å². The van der Waals surface area contributed by atoms with Gasteiger partial charge in [0, 0.05) is 5.39 Å². The summed E-state index contributed by atoms with van der Waals surface area (Å²) in [5.41, 5.74) is 2.09. The Labute approximate surface area is 112 Å². The molecule has 1 N–H and O–H groups in total. The number of rotatable bonds is 1. The van der Waals surface area contributed by atoms with Gasteiger partial charge < -0.3 is 5.11 Å². The van der Waals surface area contributed by atoms with Gasteiger partial charge in [-0.15, -0.1) is 0 Å². The monoisotopic (exact) mass is 261 g/mol. The number of hydrogen-bond acceptors (Lipinski definition) is 2. The van der Waals surface area contributed by atoms with Gasteiger partial charge in [0.15, 0.2) is 0 Å². The predicted octanol–water partition coefficient (Wildman–Crippen LogP) is 3.91. The van der Waals surface area contributed by atoms with Crippen LogP contribution in [0.15, 0.2) is 30.3 Å². The molecular weight excluding hydrogens is 246 g/mol. The van der Waals surface area contributed by atoms with Crippen LogP contribution < -0.4 is 0 Å². The molecule has 0 unspecified atom stereocenters. The van der Waals surface area contributed by atoms with E-state index in [1.807, 2.05) is 18.2 Å². The van der Waals surface area contributed by atoms with Crippen molar-refractivity contribution in [1.82, 2.24) is 4.98 Å². The number of para-hydroxylation sites is 1. The Kier molecular flexibility index (Phi) is 3.23. The third-order valence-electron chi connectivity index (χ3n) is 3.84. The third-order valence-corrected chi connectivity index (χ3v) is 4.14. The molecular formula is C15H16ClNO. The van der Waals surface area contributed by atoms with Crippen LogP contribution in [0.4, 0.5) is 0 Å². The van der Waals surface area contributed by atoms with E-state index in [0.29, 0.717) is 11.1 Å². The van der Waals surface area contributed by atoms with Crippen LogP contribution >= 0.6 is 11.6 Å². The topological polar surface area (TPSA) is 33.1 Å². The largest absolute Gasteiger partial charge is 0.393 e. The first-order chi connectivity index (χ1) is 8.74. The first-order valence-electron chi connectivity index (χ1n) is 6.47. The molecule has 0 atom stereocenters. The number of aromatic nitrogens is 1. The van der Waals surface area contributed by atoms with E-state index in [1.54, 1.807) is 0 Å². The second kappa shape index (κ2) is 4.87. The Bertz CT molecular complexity index is 561. The lowest BCUT2D eigenvalue weighted by atomic mass is 9.83. The van der Waals surface area contributed by atoms with Crippen LogP contribution in [0.2, 0.25) is 5.15 Å². The lowest BCUT2D eigenvalue weighted by Gasteiger charge is -2.26. The van der Waals surface area contributed by atoms with Gasteiger partial charge in [0.05, 0.1) is 11.6 Å². The molecule has 1 aliphatic carbocycles. The van der Waals surface area contributed by atoms with Gasteiger partial charge in [-0.05, 0) is 49.3 Å². The maximum Gasteiger partial charge on any atom is 0.133 e. The Morgan fingerprint density at radius 2 is 1.83 bits per heavy atom. The number of benzene rings is 1. The van der Waals surface area contributed by atoms with Crippen molar-refractivity contribution in [3.63, 3.8) is 0 Å². The second-order valence-corrected chi connectivity index (χ2v) is 5.42. The standard InChI is InChI=1S/C15H16ClNO/c16-15-13(10-5-7-12(18)8-6-10)9-11-3-1-2-4-14(11)17-15/h1-4,9-10,12,18H,5-8H2. The van der Waals surface area contributed by atoms with Crippen molar-refractivity contribution in [1.29, 1.82) is 0 Å². The highest BCUT2D eigenvalue weighted by atomic mass is 35.5. The maximum absolute atomic E-state index is 9.57. The van der Waals surface area contributed by atoms with Crippen LogP contribution in [-0.4, -0.2) is 16.2 Å². The molecule has 2 aromatic rings. The fourth-order valence-electron chi connectivity index (χ4n) is 2.78. The van der Waals surface area contributed by atoms with Crippen molar-refractivity contribution in [2.45, 2.75) is 37.7 Å². The third kappa shape index (κ3) is 2.23. The molecule has 1 saturated carbocycles. The number of aliphatic hydroxyl groups is 1. The highest BCUT2D eigenvalue weighted by molar-refractivity contribution is 6.30. The average Bonchev–Trinajstić information content (AvgIpc) is 2.39. The van der Waals surface area contributed by atoms with Crippen LogP contribution in [0.3, 0.4) is 0 Å². The molecule has 0 amide bonds. The lowest BCUT2D eigenvalue weighted by Crippen LogP contribution is -2.17. The van der Waals surface area contributed by atoms with Gasteiger partial charge in [0.1, 0.15) is 5.15 Å². The van der Waals surface area contributed by atoms with Gasteiger partial charge >= 0.3 is 0 Å². The zero-order chi connectivity index (χ0) is 12.5. The molecule has 18 heavy (non-hydrogen) atoms. The molecule has 1 fully saturated rings. The molecule has 1 aliphatic rings. The van der Waals surface area contributed by atoms with Crippen molar-refractivity contribution in [3.8, 4) is 0 Å². The van der Waals surface area contributed by atoms with Gasteiger partial charge in [-0.25, -0.2) is 4.98 Å². The molecule has 1 aromatic heterocycles. The summed E-state index contributed by atoms with van der Waals surface area (Å²) in [6.07, 6.45) is 3.61. The Morgan fingerprint density at radius 1 is 1.11 bits per heavy atom. The molecule has 0 radical (unpaired) electrons. The van der Waals surface area contributed by atoms with E-state index in [4.69, 9.17) is 11.6 Å². The molecule has 1 heterocycles. The molecule has 2 nitrogen and oxygen atoms in total. The highest BCUT2D eigenvalue weighted by Crippen LogP contribution is 2.36. The highest BCUT2D eigenvalue weighted by Gasteiger charge is 2.23. The summed E-state index contributed by atoms with van der Waals surface area (Å²) in [7, 11) is 0. The zero-order valence-corrected chi connectivity index (χ0v) is 10.9. The summed E-state index contributed by atoms with van der Waals surface area (Å²) >= 11 is 6.30. The molecule has 1 aromatic carbocycles. The van der Waals surface area contributed by atoms with Crippen molar-refractivity contribution < 1.29 is 5.11 Å². The van der Waals surface area contributed by atoms with E-state index in [0.717, 1.165) is 42.1 Å². The predicted molar refractivity (Wildman–Crippen MR) is 74.0 cm³/mol. The number of pyridine rings is 1. The van der Waals surface area contributed by atoms with Crippen molar-refractivity contribution >= 4 is 22.5 Å². The Balaban J connectivity index is 1.98. The Hall–Kier alpha value is -1.12. The molecule has 3 rings (SSSR count). The van der Waals surface area contributed by atoms with E-state index in [-0.39, 0.29) is 6.10 Å². The number of halogens is 1. The quantitative estimate of drug-likeness (QED) is 0.790. The lowest BCUT2D eigenvalue weighted by molar-refractivity contribution is 0.122. The van der Waals surface area contributed by atoms with Gasteiger partial charge in [-0.3, -0.25) is 0 Å². The number of aliphatic hydroxyl groups excluding tert-OH is 1. The van der Waals surface area contributed by atoms with E-state index in [9.17, 15) is 5.11 Å². The normalized spacial score (nSPS) is 24.3. The fraction of sp³-hybridized carbons (Fsp3) is 0.400. The molecule has 3 heteroatoms. The molecule has 0 bridgehead atoms. The SMILES string of the molecule is OC1CCC(c2cc3ccccc3nc2Cl)CC1. The summed E-state index contributed by atoms with van der Waals surface area (Å²) in [5.74, 6) is 0.443. The first-order valence-corrected chi connectivity index (χ1v) is 6.85. The van der Waals surface area contributed by atoms with Crippen LogP contribution in [0.1, 0.15) is 37.2 Å². The Morgan fingerprint density at radius 3 is 2.61 bits per heavy atom. The van der Waals surface area contributed by atoms with Gasteiger partial charge in [-0.1, -0.05) is 29.8 Å². The minimum absolute atomic E-state index is 0.131. The van der Waals surface area contributed by atoms with Crippen molar-refractivity contribution in [2.75, 3.05) is 0 Å². The van der Waals surface area contributed by atoms with Crippen LogP contribution in [0.5, 0.6) is 0 Å². The van der Waals surface area contributed by atoms with Crippen molar-refractivity contribution in [2.24, 2.45) is 0 Å². The van der Waals surface area contributed by atoms with Crippen LogP contribution in [-0.2, 0) is 0 Å². The molecule has 0 aliphatic heterocycles. The summed E-state index contributed by atoms with van der Waals surface area (Å²) in [5, 5.41) is 11.3. The maximum atomic E-state index is 9.57. The first kappa shape index (κ1) is 11.9. The number of fused-ring (bicyclic) bond motifs is 1. The smallest absolute Gasteiger partial charge is 0.133 e.